The van der Waals surface area contributed by atoms with Crippen LogP contribution in [-0.2, 0) is 22.6 Å². The smallest absolute Gasteiger partial charge is 0.272 e. The van der Waals surface area contributed by atoms with Crippen molar-refractivity contribution >= 4 is 22.6 Å². The summed E-state index contributed by atoms with van der Waals surface area (Å²) in [5, 5.41) is 10.8. The lowest BCUT2D eigenvalue weighted by atomic mass is 9.96. The summed E-state index contributed by atoms with van der Waals surface area (Å²) in [6, 6.07) is 17.2. The average Bonchev–Trinajstić information content (AvgIpc) is 2.79. The number of H-pyrrole nitrogens is 1. The summed E-state index contributed by atoms with van der Waals surface area (Å²) in [7, 11) is 0. The maximum Gasteiger partial charge on any atom is 0.272 e. The highest BCUT2D eigenvalue weighted by molar-refractivity contribution is 5.85. The van der Waals surface area contributed by atoms with Crippen LogP contribution in [0.5, 0.6) is 0 Å². The van der Waals surface area contributed by atoms with Crippen molar-refractivity contribution in [2.45, 2.75) is 25.8 Å². The SMILES string of the molecule is O=C(NCc1n[nH]c(=O)c2ccccc12)C1CCC(=O)N(CCc2ccccc2)C1. The van der Waals surface area contributed by atoms with Crippen LogP contribution in [0.3, 0.4) is 0 Å². The molecule has 1 unspecified atom stereocenters. The van der Waals surface area contributed by atoms with Gasteiger partial charge in [0.2, 0.25) is 11.8 Å². The van der Waals surface area contributed by atoms with Crippen LogP contribution in [0.25, 0.3) is 10.8 Å². The molecule has 1 saturated heterocycles. The first-order chi connectivity index (χ1) is 14.6. The highest BCUT2D eigenvalue weighted by Crippen LogP contribution is 2.19. The summed E-state index contributed by atoms with van der Waals surface area (Å²) in [4.78, 5) is 38.7. The van der Waals surface area contributed by atoms with Gasteiger partial charge in [-0.15, -0.1) is 0 Å². The number of nitrogens with one attached hydrogen (secondary N) is 2. The predicted octanol–water partition coefficient (Wildman–Crippen LogP) is 2.02. The fourth-order valence-electron chi connectivity index (χ4n) is 3.88. The fraction of sp³-hybridized carbons (Fsp3) is 0.304. The van der Waals surface area contributed by atoms with Crippen molar-refractivity contribution in [3.63, 3.8) is 0 Å². The summed E-state index contributed by atoms with van der Waals surface area (Å²) in [5.74, 6) is -0.236. The molecule has 1 aliphatic rings. The number of hydrogen-bond donors (Lipinski definition) is 2. The normalized spacial score (nSPS) is 16.6. The number of aromatic nitrogens is 2. The van der Waals surface area contributed by atoms with Crippen LogP contribution < -0.4 is 10.9 Å². The number of aromatic amines is 1. The molecule has 0 bridgehead atoms. The fourth-order valence-corrected chi connectivity index (χ4v) is 3.88. The number of rotatable bonds is 6. The Kier molecular flexibility index (Phi) is 5.88. The minimum atomic E-state index is -0.250. The third kappa shape index (κ3) is 4.40. The van der Waals surface area contributed by atoms with Crippen molar-refractivity contribution in [2.24, 2.45) is 5.92 Å². The molecule has 2 N–H and O–H groups in total. The third-order valence-electron chi connectivity index (χ3n) is 5.59. The Labute approximate surface area is 174 Å². The van der Waals surface area contributed by atoms with Gasteiger partial charge >= 0.3 is 0 Å². The first-order valence-corrected chi connectivity index (χ1v) is 10.2. The Balaban J connectivity index is 1.37. The number of carbonyl (C=O) groups is 2. The molecule has 0 saturated carbocycles. The zero-order valence-electron chi connectivity index (χ0n) is 16.6. The van der Waals surface area contributed by atoms with Crippen LogP contribution in [0, 0.1) is 5.92 Å². The standard InChI is InChI=1S/C23H24N4O3/c28-21-11-10-17(15-27(21)13-12-16-6-2-1-3-7-16)22(29)24-14-20-18-8-4-5-9-19(18)23(30)26-25-20/h1-9,17H,10-15H2,(H,24,29)(H,26,30). The zero-order valence-corrected chi connectivity index (χ0v) is 16.6. The van der Waals surface area contributed by atoms with Crippen LogP contribution in [0.2, 0.25) is 0 Å². The summed E-state index contributed by atoms with van der Waals surface area (Å²) in [5.41, 5.74) is 1.54. The van der Waals surface area contributed by atoms with Gasteiger partial charge in [-0.25, -0.2) is 5.10 Å². The second-order valence-electron chi connectivity index (χ2n) is 7.57. The lowest BCUT2D eigenvalue weighted by molar-refractivity contribution is -0.138. The van der Waals surface area contributed by atoms with E-state index in [1.165, 1.54) is 5.56 Å². The van der Waals surface area contributed by atoms with E-state index in [0.29, 0.717) is 37.0 Å². The quantitative estimate of drug-likeness (QED) is 0.657. The van der Waals surface area contributed by atoms with Crippen molar-refractivity contribution in [1.29, 1.82) is 0 Å². The number of carbonyl (C=O) groups excluding carboxylic acids is 2. The molecule has 1 fully saturated rings. The molecule has 1 aliphatic heterocycles. The van der Waals surface area contributed by atoms with Gasteiger partial charge in [0, 0.05) is 24.9 Å². The van der Waals surface area contributed by atoms with Crippen molar-refractivity contribution in [2.75, 3.05) is 13.1 Å². The first kappa shape index (κ1) is 19.8. The number of hydrogen-bond acceptors (Lipinski definition) is 4. The summed E-state index contributed by atoms with van der Waals surface area (Å²) >= 11 is 0. The second kappa shape index (κ2) is 8.90. The molecule has 7 heteroatoms. The molecular weight excluding hydrogens is 380 g/mol. The molecule has 2 amide bonds. The average molecular weight is 404 g/mol. The van der Waals surface area contributed by atoms with Crippen molar-refractivity contribution in [3.8, 4) is 0 Å². The highest BCUT2D eigenvalue weighted by atomic mass is 16.2. The van der Waals surface area contributed by atoms with Gasteiger partial charge in [0.05, 0.1) is 23.5 Å². The van der Waals surface area contributed by atoms with E-state index in [1.807, 2.05) is 42.5 Å². The molecule has 154 valence electrons. The zero-order chi connectivity index (χ0) is 20.9. The number of likely N-dealkylation sites (tertiary alicyclic amines) is 1. The molecule has 0 radical (unpaired) electrons. The van der Waals surface area contributed by atoms with Gasteiger partial charge in [0.25, 0.3) is 5.56 Å². The molecule has 2 aromatic carbocycles. The van der Waals surface area contributed by atoms with Crippen LogP contribution in [0.1, 0.15) is 24.1 Å². The van der Waals surface area contributed by atoms with Crippen molar-refractivity contribution in [1.82, 2.24) is 20.4 Å². The highest BCUT2D eigenvalue weighted by Gasteiger charge is 2.30. The van der Waals surface area contributed by atoms with E-state index in [-0.39, 0.29) is 29.8 Å². The molecule has 0 aliphatic carbocycles. The minimum Gasteiger partial charge on any atom is -0.350 e. The van der Waals surface area contributed by atoms with Gasteiger partial charge in [-0.3, -0.25) is 14.4 Å². The van der Waals surface area contributed by atoms with Crippen molar-refractivity contribution < 1.29 is 9.59 Å². The number of benzene rings is 2. The number of amides is 2. The third-order valence-corrected chi connectivity index (χ3v) is 5.59. The monoisotopic (exact) mass is 404 g/mol. The minimum absolute atomic E-state index is 0.0932. The van der Waals surface area contributed by atoms with Gasteiger partial charge < -0.3 is 10.2 Å². The summed E-state index contributed by atoms with van der Waals surface area (Å²) in [6.45, 7) is 1.26. The maximum absolute atomic E-state index is 12.8. The molecule has 0 spiro atoms. The lowest BCUT2D eigenvalue weighted by Crippen LogP contribution is -2.46. The van der Waals surface area contributed by atoms with Crippen LogP contribution in [0.4, 0.5) is 0 Å². The molecule has 7 nitrogen and oxygen atoms in total. The topological polar surface area (TPSA) is 95.2 Å². The maximum atomic E-state index is 12.8. The Morgan fingerprint density at radius 1 is 1.07 bits per heavy atom. The molecule has 1 aromatic heterocycles. The first-order valence-electron chi connectivity index (χ1n) is 10.2. The number of piperidine rings is 1. The van der Waals surface area contributed by atoms with E-state index in [2.05, 4.69) is 15.5 Å². The summed E-state index contributed by atoms with van der Waals surface area (Å²) in [6.07, 6.45) is 1.70. The Hall–Kier alpha value is -3.48. The molecule has 2 heterocycles. The summed E-state index contributed by atoms with van der Waals surface area (Å²) < 4.78 is 0. The number of fused-ring (bicyclic) bond motifs is 1. The predicted molar refractivity (Wildman–Crippen MR) is 114 cm³/mol. The van der Waals surface area contributed by atoms with Crippen LogP contribution in [0.15, 0.2) is 59.4 Å². The van der Waals surface area contributed by atoms with E-state index < -0.39 is 0 Å². The van der Waals surface area contributed by atoms with Crippen LogP contribution >= 0.6 is 0 Å². The Morgan fingerprint density at radius 2 is 1.80 bits per heavy atom. The van der Waals surface area contributed by atoms with Gasteiger partial charge in [-0.2, -0.15) is 5.10 Å². The molecule has 4 rings (SSSR count). The molecule has 30 heavy (non-hydrogen) atoms. The van der Waals surface area contributed by atoms with E-state index >= 15 is 0 Å². The molecular formula is C23H24N4O3. The van der Waals surface area contributed by atoms with Gasteiger partial charge in [0.1, 0.15) is 0 Å². The Bertz CT molecular complexity index is 1110. The van der Waals surface area contributed by atoms with E-state index in [9.17, 15) is 14.4 Å². The van der Waals surface area contributed by atoms with Gasteiger partial charge in [0.15, 0.2) is 0 Å². The second-order valence-corrected chi connectivity index (χ2v) is 7.57. The molecule has 1 atom stereocenters. The van der Waals surface area contributed by atoms with Crippen molar-refractivity contribution in [3.05, 3.63) is 76.2 Å². The van der Waals surface area contributed by atoms with Gasteiger partial charge in [-0.1, -0.05) is 48.5 Å². The number of nitrogens with zero attached hydrogens (tertiary/aromatic N) is 2. The molecule has 3 aromatic rings. The Morgan fingerprint density at radius 3 is 2.60 bits per heavy atom. The van der Waals surface area contributed by atoms with E-state index in [0.717, 1.165) is 11.8 Å². The van der Waals surface area contributed by atoms with E-state index in [4.69, 9.17) is 0 Å². The largest absolute Gasteiger partial charge is 0.350 e. The van der Waals surface area contributed by atoms with E-state index in [1.54, 1.807) is 17.0 Å². The van der Waals surface area contributed by atoms with Crippen LogP contribution in [-0.4, -0.2) is 40.0 Å². The van der Waals surface area contributed by atoms with Gasteiger partial charge in [-0.05, 0) is 24.5 Å². The lowest BCUT2D eigenvalue weighted by Gasteiger charge is -2.32.